The molecule has 1 fully saturated rings. The maximum absolute atomic E-state index is 12.6. The van der Waals surface area contributed by atoms with Crippen molar-refractivity contribution in [3.05, 3.63) is 52.0 Å². The molecule has 4 heterocycles. The highest BCUT2D eigenvalue weighted by Gasteiger charge is 2.24. The third-order valence-corrected chi connectivity index (χ3v) is 6.01. The van der Waals surface area contributed by atoms with Crippen molar-refractivity contribution in [3.63, 3.8) is 0 Å². The molecular formula is C19H22N6OS. The fraction of sp³-hybridized carbons (Fsp3) is 0.368. The number of hydrogen-bond acceptors (Lipinski definition) is 6. The summed E-state index contributed by atoms with van der Waals surface area (Å²) < 4.78 is 1.97. The lowest BCUT2D eigenvalue weighted by molar-refractivity contribution is 0.0751. The Morgan fingerprint density at radius 3 is 2.37 bits per heavy atom. The third-order valence-electron chi connectivity index (χ3n) is 4.97. The predicted molar refractivity (Wildman–Crippen MR) is 106 cm³/mol. The summed E-state index contributed by atoms with van der Waals surface area (Å²) >= 11 is 1.52. The van der Waals surface area contributed by atoms with Gasteiger partial charge in [-0.1, -0.05) is 0 Å². The van der Waals surface area contributed by atoms with Gasteiger partial charge in [-0.2, -0.15) is 0 Å². The number of imidazole rings is 1. The molecule has 4 rings (SSSR count). The van der Waals surface area contributed by atoms with Gasteiger partial charge in [0, 0.05) is 37.9 Å². The van der Waals surface area contributed by atoms with Gasteiger partial charge in [0.1, 0.15) is 24.3 Å². The van der Waals surface area contributed by atoms with Gasteiger partial charge in [0.25, 0.3) is 5.91 Å². The molecule has 3 aromatic rings. The Bertz CT molecular complexity index is 970. The number of carbonyl (C=O) groups is 1. The van der Waals surface area contributed by atoms with Gasteiger partial charge in [-0.25, -0.2) is 15.0 Å². The van der Waals surface area contributed by atoms with Gasteiger partial charge in [-0.15, -0.1) is 11.3 Å². The molecule has 0 N–H and O–H groups in total. The zero-order valence-corrected chi connectivity index (χ0v) is 16.5. The van der Waals surface area contributed by atoms with E-state index < -0.39 is 0 Å². The standard InChI is InChI=1S/C19H22N6OS/c1-13-8-16(27-10-13)19(26)24-6-4-23(5-7-24)17-9-18(21-11-20-17)25-12-22-14(2)15(25)3/h8-12H,4-7H2,1-3H3. The van der Waals surface area contributed by atoms with E-state index in [2.05, 4.69) is 19.9 Å². The summed E-state index contributed by atoms with van der Waals surface area (Å²) in [6, 6.07) is 3.94. The molecule has 1 saturated heterocycles. The summed E-state index contributed by atoms with van der Waals surface area (Å²) in [5.74, 6) is 1.82. The van der Waals surface area contributed by atoms with Crippen LogP contribution in [0.5, 0.6) is 0 Å². The maximum atomic E-state index is 12.6. The minimum Gasteiger partial charge on any atom is -0.353 e. The van der Waals surface area contributed by atoms with Crippen molar-refractivity contribution < 1.29 is 4.79 Å². The number of hydrogen-bond donors (Lipinski definition) is 0. The predicted octanol–water partition coefficient (Wildman–Crippen LogP) is 2.61. The van der Waals surface area contributed by atoms with Crippen molar-refractivity contribution in [2.24, 2.45) is 0 Å². The Morgan fingerprint density at radius 1 is 1.00 bits per heavy atom. The summed E-state index contributed by atoms with van der Waals surface area (Å²) in [5.41, 5.74) is 3.20. The minimum atomic E-state index is 0.126. The van der Waals surface area contributed by atoms with E-state index in [9.17, 15) is 4.79 Å². The van der Waals surface area contributed by atoms with Crippen LogP contribution in [0.1, 0.15) is 26.6 Å². The number of nitrogens with zero attached hydrogens (tertiary/aromatic N) is 6. The molecule has 1 amide bonds. The molecule has 0 saturated carbocycles. The van der Waals surface area contributed by atoms with Crippen molar-refractivity contribution >= 4 is 23.1 Å². The molecule has 0 atom stereocenters. The second-order valence-electron chi connectivity index (χ2n) is 6.79. The van der Waals surface area contributed by atoms with E-state index in [0.717, 1.165) is 46.6 Å². The summed E-state index contributed by atoms with van der Waals surface area (Å²) in [6.07, 6.45) is 3.38. The highest BCUT2D eigenvalue weighted by Crippen LogP contribution is 2.20. The van der Waals surface area contributed by atoms with Crippen LogP contribution in [-0.4, -0.2) is 56.5 Å². The lowest BCUT2D eigenvalue weighted by Gasteiger charge is -2.35. The average molecular weight is 382 g/mol. The first-order chi connectivity index (χ1) is 13.0. The number of carbonyl (C=O) groups excluding carboxylic acids is 1. The Balaban J connectivity index is 1.46. The Hall–Kier alpha value is -2.74. The number of anilines is 1. The van der Waals surface area contributed by atoms with Gasteiger partial charge >= 0.3 is 0 Å². The number of aromatic nitrogens is 4. The zero-order chi connectivity index (χ0) is 19.0. The number of rotatable bonds is 3. The number of amides is 1. The van der Waals surface area contributed by atoms with E-state index in [0.29, 0.717) is 13.1 Å². The van der Waals surface area contributed by atoms with Crippen LogP contribution in [0.2, 0.25) is 0 Å². The van der Waals surface area contributed by atoms with E-state index in [1.54, 1.807) is 12.7 Å². The van der Waals surface area contributed by atoms with E-state index in [1.165, 1.54) is 11.3 Å². The molecule has 0 aliphatic carbocycles. The second-order valence-corrected chi connectivity index (χ2v) is 7.70. The average Bonchev–Trinajstić information content (AvgIpc) is 3.27. The molecule has 0 unspecified atom stereocenters. The molecule has 0 radical (unpaired) electrons. The van der Waals surface area contributed by atoms with Gasteiger partial charge < -0.3 is 9.80 Å². The normalized spacial score (nSPS) is 14.6. The van der Waals surface area contributed by atoms with Crippen LogP contribution in [0, 0.1) is 20.8 Å². The zero-order valence-electron chi connectivity index (χ0n) is 15.7. The molecule has 1 aliphatic heterocycles. The molecule has 0 spiro atoms. The maximum Gasteiger partial charge on any atom is 0.264 e. The summed E-state index contributed by atoms with van der Waals surface area (Å²) in [7, 11) is 0. The molecule has 7 nitrogen and oxygen atoms in total. The first-order valence-electron chi connectivity index (χ1n) is 8.95. The lowest BCUT2D eigenvalue weighted by atomic mass is 10.2. The fourth-order valence-electron chi connectivity index (χ4n) is 3.21. The van der Waals surface area contributed by atoms with Crippen molar-refractivity contribution in [1.82, 2.24) is 24.4 Å². The van der Waals surface area contributed by atoms with E-state index in [4.69, 9.17) is 0 Å². The monoisotopic (exact) mass is 382 g/mol. The molecule has 27 heavy (non-hydrogen) atoms. The SMILES string of the molecule is Cc1csc(C(=O)N2CCN(c3cc(-n4cnc(C)c4C)ncn3)CC2)c1. The van der Waals surface area contributed by atoms with Crippen LogP contribution in [0.15, 0.2) is 30.2 Å². The van der Waals surface area contributed by atoms with Crippen molar-refractivity contribution in [2.75, 3.05) is 31.1 Å². The largest absolute Gasteiger partial charge is 0.353 e. The van der Waals surface area contributed by atoms with Crippen molar-refractivity contribution in [1.29, 1.82) is 0 Å². The lowest BCUT2D eigenvalue weighted by Crippen LogP contribution is -2.48. The smallest absolute Gasteiger partial charge is 0.264 e. The molecule has 1 aliphatic rings. The molecule has 3 aromatic heterocycles. The molecule has 0 bridgehead atoms. The van der Waals surface area contributed by atoms with Gasteiger partial charge in [0.15, 0.2) is 0 Å². The summed E-state index contributed by atoms with van der Waals surface area (Å²) in [6.45, 7) is 8.93. The van der Waals surface area contributed by atoms with E-state index in [-0.39, 0.29) is 5.91 Å². The highest BCUT2D eigenvalue weighted by molar-refractivity contribution is 7.12. The molecule has 8 heteroatoms. The van der Waals surface area contributed by atoms with Gasteiger partial charge in [-0.3, -0.25) is 9.36 Å². The number of thiophene rings is 1. The van der Waals surface area contributed by atoms with Crippen molar-refractivity contribution in [2.45, 2.75) is 20.8 Å². The van der Waals surface area contributed by atoms with Crippen molar-refractivity contribution in [3.8, 4) is 5.82 Å². The minimum absolute atomic E-state index is 0.126. The van der Waals surface area contributed by atoms with Gasteiger partial charge in [0.2, 0.25) is 0 Å². The van der Waals surface area contributed by atoms with Gasteiger partial charge in [0.05, 0.1) is 10.6 Å². The van der Waals surface area contributed by atoms with Crippen LogP contribution < -0.4 is 4.90 Å². The Morgan fingerprint density at radius 2 is 1.74 bits per heavy atom. The van der Waals surface area contributed by atoms with E-state index in [1.807, 2.05) is 47.8 Å². The van der Waals surface area contributed by atoms with Crippen LogP contribution in [0.25, 0.3) is 5.82 Å². The fourth-order valence-corrected chi connectivity index (χ4v) is 4.07. The van der Waals surface area contributed by atoms with Crippen LogP contribution >= 0.6 is 11.3 Å². The molecule has 140 valence electrons. The Labute approximate surface area is 162 Å². The third kappa shape index (κ3) is 3.44. The number of piperazine rings is 1. The quantitative estimate of drug-likeness (QED) is 0.697. The summed E-state index contributed by atoms with van der Waals surface area (Å²) in [5, 5.41) is 2.02. The van der Waals surface area contributed by atoms with Crippen LogP contribution in [-0.2, 0) is 0 Å². The van der Waals surface area contributed by atoms with E-state index >= 15 is 0 Å². The second kappa shape index (κ2) is 7.11. The molecule has 0 aromatic carbocycles. The Kier molecular flexibility index (Phi) is 4.65. The first kappa shape index (κ1) is 17.7. The summed E-state index contributed by atoms with van der Waals surface area (Å²) in [4.78, 5) is 30.7. The highest BCUT2D eigenvalue weighted by atomic mass is 32.1. The van der Waals surface area contributed by atoms with Crippen LogP contribution in [0.4, 0.5) is 5.82 Å². The number of aryl methyl sites for hydroxylation is 2. The first-order valence-corrected chi connectivity index (χ1v) is 9.83. The molecular weight excluding hydrogens is 360 g/mol. The topological polar surface area (TPSA) is 67.2 Å². The van der Waals surface area contributed by atoms with Gasteiger partial charge in [-0.05, 0) is 37.8 Å². The van der Waals surface area contributed by atoms with Crippen LogP contribution in [0.3, 0.4) is 0 Å².